The molecule has 1 unspecified atom stereocenters. The van der Waals surface area contributed by atoms with Crippen LogP contribution >= 0.6 is 0 Å². The molecule has 2 saturated carbocycles. The van der Waals surface area contributed by atoms with Gasteiger partial charge in [-0.15, -0.1) is 0 Å². The maximum absolute atomic E-state index is 12.0. The van der Waals surface area contributed by atoms with Gasteiger partial charge in [0.25, 0.3) is 0 Å². The van der Waals surface area contributed by atoms with Gasteiger partial charge in [0.2, 0.25) is 0 Å². The lowest BCUT2D eigenvalue weighted by Gasteiger charge is -2.56. The second kappa shape index (κ2) is 8.36. The molecule has 4 aliphatic carbocycles. The number of carbonyl (C=O) groups is 1. The van der Waals surface area contributed by atoms with E-state index in [4.69, 9.17) is 0 Å². The molecule has 0 aliphatic heterocycles. The van der Waals surface area contributed by atoms with E-state index in [1.54, 1.807) is 11.1 Å². The van der Waals surface area contributed by atoms with E-state index in [1.165, 1.54) is 37.7 Å². The second-order valence-corrected chi connectivity index (χ2v) is 12.1. The average molecular weight is 429 g/mol. The lowest BCUT2D eigenvalue weighted by atomic mass is 9.48. The molecule has 0 aromatic heterocycles. The van der Waals surface area contributed by atoms with Gasteiger partial charge in [-0.1, -0.05) is 43.6 Å². The van der Waals surface area contributed by atoms with Crippen LogP contribution in [0.5, 0.6) is 0 Å². The summed E-state index contributed by atoms with van der Waals surface area (Å²) in [6.07, 6.45) is 12.9. The SMILES string of the molecule is CC(C)=CCC[C@@H](C)[C@H]1CC[C@H]2C3=C(CC[C@]12C)[C@@]1(C)CC[C@H](O)C(C(=O)O)[C@@H]1CC3. The molecule has 4 rings (SSSR count). The van der Waals surface area contributed by atoms with Crippen LogP contribution in [0.15, 0.2) is 22.8 Å². The minimum atomic E-state index is -0.792. The first-order valence-electron chi connectivity index (χ1n) is 12.9. The van der Waals surface area contributed by atoms with Gasteiger partial charge < -0.3 is 10.2 Å². The molecule has 0 spiro atoms. The largest absolute Gasteiger partial charge is 0.481 e. The second-order valence-electron chi connectivity index (χ2n) is 12.1. The molecule has 2 fully saturated rings. The minimum absolute atomic E-state index is 0.0235. The highest BCUT2D eigenvalue weighted by Crippen LogP contribution is 2.66. The van der Waals surface area contributed by atoms with Gasteiger partial charge in [0.05, 0.1) is 12.0 Å². The Labute approximate surface area is 189 Å². The topological polar surface area (TPSA) is 57.5 Å². The van der Waals surface area contributed by atoms with Crippen LogP contribution in [-0.4, -0.2) is 22.3 Å². The fraction of sp³-hybridized carbons (Fsp3) is 0.821. The summed E-state index contributed by atoms with van der Waals surface area (Å²) in [4.78, 5) is 12.0. The zero-order chi connectivity index (χ0) is 22.6. The molecule has 0 heterocycles. The Balaban J connectivity index is 1.59. The number of carboxylic acid groups (broad SMARTS) is 1. The van der Waals surface area contributed by atoms with Crippen LogP contribution in [0, 0.1) is 40.4 Å². The van der Waals surface area contributed by atoms with Crippen LogP contribution in [0.25, 0.3) is 0 Å². The Hall–Kier alpha value is -1.09. The molecule has 0 aromatic rings. The summed E-state index contributed by atoms with van der Waals surface area (Å²) in [6.45, 7) is 11.8. The summed E-state index contributed by atoms with van der Waals surface area (Å²) >= 11 is 0. The van der Waals surface area contributed by atoms with Crippen LogP contribution in [0.3, 0.4) is 0 Å². The van der Waals surface area contributed by atoms with Crippen LogP contribution in [0.2, 0.25) is 0 Å². The van der Waals surface area contributed by atoms with Crippen LogP contribution in [0.1, 0.15) is 98.8 Å². The van der Waals surface area contributed by atoms with E-state index in [-0.39, 0.29) is 11.3 Å². The van der Waals surface area contributed by atoms with Crippen molar-refractivity contribution < 1.29 is 15.0 Å². The maximum atomic E-state index is 12.0. The minimum Gasteiger partial charge on any atom is -0.481 e. The van der Waals surface area contributed by atoms with Gasteiger partial charge in [-0.3, -0.25) is 4.79 Å². The Morgan fingerprint density at radius 2 is 1.87 bits per heavy atom. The fourth-order valence-electron chi connectivity index (χ4n) is 8.71. The summed E-state index contributed by atoms with van der Waals surface area (Å²) < 4.78 is 0. The number of allylic oxidation sites excluding steroid dienone is 4. The summed E-state index contributed by atoms with van der Waals surface area (Å²) in [5.41, 5.74) is 5.14. The van der Waals surface area contributed by atoms with Crippen molar-refractivity contribution in [3.63, 3.8) is 0 Å². The molecule has 8 atom stereocenters. The van der Waals surface area contributed by atoms with Crippen molar-refractivity contribution in [1.29, 1.82) is 0 Å². The van der Waals surface area contributed by atoms with E-state index >= 15 is 0 Å². The first-order valence-corrected chi connectivity index (χ1v) is 12.9. The lowest BCUT2D eigenvalue weighted by molar-refractivity contribution is -0.156. The quantitative estimate of drug-likeness (QED) is 0.475. The Bertz CT molecular complexity index is 775. The zero-order valence-electron chi connectivity index (χ0n) is 20.4. The third kappa shape index (κ3) is 3.73. The summed E-state index contributed by atoms with van der Waals surface area (Å²) in [7, 11) is 0. The van der Waals surface area contributed by atoms with Crippen molar-refractivity contribution in [1.82, 2.24) is 0 Å². The van der Waals surface area contributed by atoms with Crippen LogP contribution in [-0.2, 0) is 4.79 Å². The van der Waals surface area contributed by atoms with Gasteiger partial charge in [0.15, 0.2) is 0 Å². The first-order chi connectivity index (χ1) is 14.6. The van der Waals surface area contributed by atoms with E-state index in [1.807, 2.05) is 0 Å². The van der Waals surface area contributed by atoms with Gasteiger partial charge in [-0.2, -0.15) is 0 Å². The smallest absolute Gasteiger partial charge is 0.309 e. The van der Waals surface area contributed by atoms with Crippen molar-refractivity contribution in [3.05, 3.63) is 22.8 Å². The first kappa shape index (κ1) is 23.1. The number of hydrogen-bond donors (Lipinski definition) is 2. The van der Waals surface area contributed by atoms with Gasteiger partial charge in [-0.25, -0.2) is 0 Å². The molecular weight excluding hydrogens is 384 g/mol. The van der Waals surface area contributed by atoms with Crippen molar-refractivity contribution in [2.24, 2.45) is 40.4 Å². The van der Waals surface area contributed by atoms with E-state index < -0.39 is 18.0 Å². The summed E-state index contributed by atoms with van der Waals surface area (Å²) in [5.74, 6) is 0.979. The molecule has 4 aliphatic rings. The molecule has 0 amide bonds. The Morgan fingerprint density at radius 3 is 2.55 bits per heavy atom. The number of rotatable bonds is 5. The predicted octanol–water partition coefficient (Wildman–Crippen LogP) is 6.76. The third-order valence-electron chi connectivity index (χ3n) is 10.3. The molecule has 174 valence electrons. The number of aliphatic carboxylic acids is 1. The highest BCUT2D eigenvalue weighted by Gasteiger charge is 2.58. The number of fused-ring (bicyclic) bond motifs is 4. The lowest BCUT2D eigenvalue weighted by Crippen LogP contribution is -2.51. The highest BCUT2D eigenvalue weighted by atomic mass is 16.4. The molecule has 3 heteroatoms. The maximum Gasteiger partial charge on any atom is 0.309 e. The summed E-state index contributed by atoms with van der Waals surface area (Å²) in [5, 5.41) is 20.3. The predicted molar refractivity (Wildman–Crippen MR) is 126 cm³/mol. The highest BCUT2D eigenvalue weighted by molar-refractivity contribution is 5.72. The number of hydrogen-bond acceptors (Lipinski definition) is 2. The fourth-order valence-corrected chi connectivity index (χ4v) is 8.71. The van der Waals surface area contributed by atoms with Crippen molar-refractivity contribution in [3.8, 4) is 0 Å². The summed E-state index contributed by atoms with van der Waals surface area (Å²) in [6, 6.07) is 0. The molecular formula is C28H44O3. The van der Waals surface area contributed by atoms with Gasteiger partial charge >= 0.3 is 5.97 Å². The number of carboxylic acids is 1. The molecule has 0 radical (unpaired) electrons. The normalized spacial score (nSPS) is 43.0. The third-order valence-corrected chi connectivity index (χ3v) is 10.3. The average Bonchev–Trinajstić information content (AvgIpc) is 3.05. The Kier molecular flexibility index (Phi) is 6.22. The van der Waals surface area contributed by atoms with E-state index in [9.17, 15) is 15.0 Å². The van der Waals surface area contributed by atoms with Crippen molar-refractivity contribution >= 4 is 5.97 Å². The molecule has 0 bridgehead atoms. The Morgan fingerprint density at radius 1 is 1.13 bits per heavy atom. The zero-order valence-corrected chi connectivity index (χ0v) is 20.4. The molecule has 2 N–H and O–H groups in total. The van der Waals surface area contributed by atoms with Gasteiger partial charge in [0, 0.05) is 0 Å². The van der Waals surface area contributed by atoms with Crippen LogP contribution in [0.4, 0.5) is 0 Å². The number of aliphatic hydroxyl groups is 1. The monoisotopic (exact) mass is 428 g/mol. The van der Waals surface area contributed by atoms with Crippen LogP contribution < -0.4 is 0 Å². The molecule has 0 aromatic carbocycles. The van der Waals surface area contributed by atoms with E-state index in [0.29, 0.717) is 17.8 Å². The van der Waals surface area contributed by atoms with Gasteiger partial charge in [0.1, 0.15) is 0 Å². The molecule has 0 saturated heterocycles. The van der Waals surface area contributed by atoms with Crippen molar-refractivity contribution in [2.75, 3.05) is 0 Å². The molecule has 31 heavy (non-hydrogen) atoms. The number of aliphatic hydroxyl groups excluding tert-OH is 1. The van der Waals surface area contributed by atoms with E-state index in [0.717, 1.165) is 37.5 Å². The standard InChI is InChI=1S/C28H44O3/c1-17(2)7-6-8-18(3)20-11-12-21-19-9-10-23-25(26(30)31)24(29)14-16-28(23,5)22(19)13-15-27(20,21)4/h7,18,20-21,23-25,29H,6,8-16H2,1-5H3,(H,30,31)/t18-,20-,21+,23+,24+,25?,27-,28-/m1/s1. The van der Waals surface area contributed by atoms with Crippen molar-refractivity contribution in [2.45, 2.75) is 105 Å². The van der Waals surface area contributed by atoms with E-state index in [2.05, 4.69) is 40.7 Å². The van der Waals surface area contributed by atoms with Gasteiger partial charge in [-0.05, 0) is 113 Å². The molecule has 3 nitrogen and oxygen atoms in total.